The third kappa shape index (κ3) is 6.33. The van der Waals surface area contributed by atoms with Gasteiger partial charge in [0.1, 0.15) is 12.2 Å². The Labute approximate surface area is 118 Å². The Balaban J connectivity index is 2.46. The van der Waals surface area contributed by atoms with Crippen molar-refractivity contribution in [3.8, 4) is 0 Å². The molecule has 0 aliphatic heterocycles. The summed E-state index contributed by atoms with van der Waals surface area (Å²) in [6.45, 7) is 5.34. The van der Waals surface area contributed by atoms with Crippen molar-refractivity contribution < 1.29 is 19.4 Å². The summed E-state index contributed by atoms with van der Waals surface area (Å²) in [5, 5.41) is 11.3. The van der Waals surface area contributed by atoms with Crippen molar-refractivity contribution in [3.05, 3.63) is 35.4 Å². The number of rotatable bonds is 5. The van der Waals surface area contributed by atoms with Crippen molar-refractivity contribution in [1.82, 2.24) is 5.32 Å². The number of nitrogens with one attached hydrogen (secondary N) is 1. The Kier molecular flexibility index (Phi) is 5.70. The van der Waals surface area contributed by atoms with Gasteiger partial charge in [0.15, 0.2) is 5.78 Å². The maximum Gasteiger partial charge on any atom is 0.407 e. The maximum absolute atomic E-state index is 11.5. The summed E-state index contributed by atoms with van der Waals surface area (Å²) in [5.41, 5.74) is 1.24. The fourth-order valence-corrected chi connectivity index (χ4v) is 1.55. The van der Waals surface area contributed by atoms with E-state index in [0.29, 0.717) is 6.54 Å². The normalized spacial score (nSPS) is 11.0. The van der Waals surface area contributed by atoms with Gasteiger partial charge in [-0.15, -0.1) is 0 Å². The second-order valence-electron chi connectivity index (χ2n) is 5.55. The van der Waals surface area contributed by atoms with Crippen LogP contribution in [0.15, 0.2) is 24.3 Å². The molecule has 0 bridgehead atoms. The first-order valence-corrected chi connectivity index (χ1v) is 6.47. The second kappa shape index (κ2) is 7.05. The van der Waals surface area contributed by atoms with Gasteiger partial charge in [-0.05, 0) is 31.9 Å². The van der Waals surface area contributed by atoms with Crippen LogP contribution in [0.4, 0.5) is 4.79 Å². The monoisotopic (exact) mass is 279 g/mol. The van der Waals surface area contributed by atoms with Crippen molar-refractivity contribution in [3.63, 3.8) is 0 Å². The molecule has 0 saturated heterocycles. The molecule has 1 amide bonds. The van der Waals surface area contributed by atoms with E-state index in [1.54, 1.807) is 32.9 Å². The van der Waals surface area contributed by atoms with E-state index in [1.165, 1.54) is 0 Å². The molecule has 0 spiro atoms. The molecule has 110 valence electrons. The smallest absolute Gasteiger partial charge is 0.407 e. The van der Waals surface area contributed by atoms with Crippen molar-refractivity contribution in [2.75, 3.05) is 6.61 Å². The van der Waals surface area contributed by atoms with E-state index in [4.69, 9.17) is 9.84 Å². The van der Waals surface area contributed by atoms with Crippen LogP contribution >= 0.6 is 0 Å². The number of amides is 1. The minimum absolute atomic E-state index is 0.218. The topological polar surface area (TPSA) is 75.6 Å². The van der Waals surface area contributed by atoms with Crippen molar-refractivity contribution in [2.24, 2.45) is 0 Å². The largest absolute Gasteiger partial charge is 0.444 e. The fourth-order valence-electron chi connectivity index (χ4n) is 1.55. The number of aliphatic hydroxyl groups is 1. The number of ketones is 1. The van der Waals surface area contributed by atoms with E-state index >= 15 is 0 Å². The highest BCUT2D eigenvalue weighted by molar-refractivity contribution is 5.81. The highest BCUT2D eigenvalue weighted by atomic mass is 16.6. The van der Waals surface area contributed by atoms with Crippen LogP contribution in [-0.2, 0) is 22.5 Å². The van der Waals surface area contributed by atoms with Gasteiger partial charge in [0.2, 0.25) is 0 Å². The molecule has 0 saturated carbocycles. The van der Waals surface area contributed by atoms with Crippen LogP contribution in [0, 0.1) is 0 Å². The van der Waals surface area contributed by atoms with Crippen LogP contribution < -0.4 is 5.32 Å². The van der Waals surface area contributed by atoms with E-state index in [9.17, 15) is 9.59 Å². The molecule has 2 N–H and O–H groups in total. The predicted molar refractivity (Wildman–Crippen MR) is 75.3 cm³/mol. The Morgan fingerprint density at radius 3 is 2.20 bits per heavy atom. The number of aliphatic hydroxyl groups excluding tert-OH is 1. The molecule has 0 radical (unpaired) electrons. The lowest BCUT2D eigenvalue weighted by Crippen LogP contribution is -2.32. The quantitative estimate of drug-likeness (QED) is 0.862. The SMILES string of the molecule is CC(C)(C)OC(=O)NCc1ccc(CC(=O)CO)cc1. The Hall–Kier alpha value is -1.88. The highest BCUT2D eigenvalue weighted by Crippen LogP contribution is 2.08. The van der Waals surface area contributed by atoms with Crippen molar-refractivity contribution in [2.45, 2.75) is 39.3 Å². The first-order valence-electron chi connectivity index (χ1n) is 6.47. The minimum Gasteiger partial charge on any atom is -0.444 e. The van der Waals surface area contributed by atoms with Gasteiger partial charge in [0.05, 0.1) is 0 Å². The molecule has 0 aromatic heterocycles. The van der Waals surface area contributed by atoms with Gasteiger partial charge in [-0.1, -0.05) is 24.3 Å². The summed E-state index contributed by atoms with van der Waals surface area (Å²) >= 11 is 0. The van der Waals surface area contributed by atoms with Gasteiger partial charge in [-0.2, -0.15) is 0 Å². The fraction of sp³-hybridized carbons (Fsp3) is 0.467. The van der Waals surface area contributed by atoms with Crippen LogP contribution in [-0.4, -0.2) is 29.2 Å². The number of carbonyl (C=O) groups excluding carboxylic acids is 2. The molecule has 5 nitrogen and oxygen atoms in total. The zero-order valence-electron chi connectivity index (χ0n) is 12.1. The lowest BCUT2D eigenvalue weighted by molar-refractivity contribution is -0.121. The Bertz CT molecular complexity index is 460. The van der Waals surface area contributed by atoms with Crippen molar-refractivity contribution in [1.29, 1.82) is 0 Å². The number of Topliss-reactive ketones (excluding diaryl/α,β-unsaturated/α-hetero) is 1. The molecule has 0 aliphatic rings. The summed E-state index contributed by atoms with van der Waals surface area (Å²) in [4.78, 5) is 22.6. The van der Waals surface area contributed by atoms with Crippen LogP contribution in [0.2, 0.25) is 0 Å². The molecule has 1 aromatic carbocycles. The third-order valence-corrected chi connectivity index (χ3v) is 2.44. The average molecular weight is 279 g/mol. The molecule has 0 heterocycles. The zero-order chi connectivity index (χ0) is 15.2. The van der Waals surface area contributed by atoms with Gasteiger partial charge in [-0.25, -0.2) is 4.79 Å². The number of hydrogen-bond donors (Lipinski definition) is 2. The molecular formula is C15H21NO4. The zero-order valence-corrected chi connectivity index (χ0v) is 12.1. The lowest BCUT2D eigenvalue weighted by atomic mass is 10.1. The summed E-state index contributed by atoms with van der Waals surface area (Å²) in [6.07, 6.45) is -0.243. The molecule has 20 heavy (non-hydrogen) atoms. The Morgan fingerprint density at radius 2 is 1.70 bits per heavy atom. The number of ether oxygens (including phenoxy) is 1. The lowest BCUT2D eigenvalue weighted by Gasteiger charge is -2.19. The molecule has 0 atom stereocenters. The standard InChI is InChI=1S/C15H21NO4/c1-15(2,3)20-14(19)16-9-12-6-4-11(5-7-12)8-13(18)10-17/h4-7,17H,8-10H2,1-3H3,(H,16,19). The molecular weight excluding hydrogens is 258 g/mol. The summed E-state index contributed by atoms with van der Waals surface area (Å²) in [6, 6.07) is 7.27. The van der Waals surface area contributed by atoms with Gasteiger partial charge < -0.3 is 15.2 Å². The van der Waals surface area contributed by atoms with Crippen LogP contribution in [0.5, 0.6) is 0 Å². The summed E-state index contributed by atoms with van der Waals surface area (Å²) in [5.74, 6) is -0.218. The number of benzene rings is 1. The third-order valence-electron chi connectivity index (χ3n) is 2.44. The van der Waals surface area contributed by atoms with Crippen molar-refractivity contribution >= 4 is 11.9 Å². The predicted octanol–water partition coefficient (Wildman–Crippen LogP) is 1.82. The maximum atomic E-state index is 11.5. The van der Waals surface area contributed by atoms with E-state index in [-0.39, 0.29) is 12.2 Å². The minimum atomic E-state index is -0.515. The first kappa shape index (κ1) is 16.2. The number of alkyl carbamates (subject to hydrolysis) is 1. The molecule has 0 fully saturated rings. The number of carbonyl (C=O) groups is 2. The van der Waals surface area contributed by atoms with E-state index in [2.05, 4.69) is 5.32 Å². The average Bonchev–Trinajstić information content (AvgIpc) is 2.36. The van der Waals surface area contributed by atoms with Crippen LogP contribution in [0.3, 0.4) is 0 Å². The van der Waals surface area contributed by atoms with Crippen LogP contribution in [0.1, 0.15) is 31.9 Å². The molecule has 0 aliphatic carbocycles. The Morgan fingerprint density at radius 1 is 1.15 bits per heavy atom. The van der Waals surface area contributed by atoms with Gasteiger partial charge in [0.25, 0.3) is 0 Å². The summed E-state index contributed by atoms with van der Waals surface area (Å²) < 4.78 is 5.13. The van der Waals surface area contributed by atoms with Gasteiger partial charge in [-0.3, -0.25) is 4.79 Å². The molecule has 1 rings (SSSR count). The first-order chi connectivity index (χ1) is 9.30. The second-order valence-corrected chi connectivity index (χ2v) is 5.55. The van der Waals surface area contributed by atoms with E-state index < -0.39 is 18.3 Å². The molecule has 0 unspecified atom stereocenters. The van der Waals surface area contributed by atoms with E-state index in [0.717, 1.165) is 11.1 Å². The highest BCUT2D eigenvalue weighted by Gasteiger charge is 2.15. The molecule has 1 aromatic rings. The van der Waals surface area contributed by atoms with Gasteiger partial charge >= 0.3 is 6.09 Å². The number of hydrogen-bond acceptors (Lipinski definition) is 4. The molecule has 5 heteroatoms. The van der Waals surface area contributed by atoms with Gasteiger partial charge in [0, 0.05) is 13.0 Å². The summed E-state index contributed by atoms with van der Waals surface area (Å²) in [7, 11) is 0. The van der Waals surface area contributed by atoms with E-state index in [1.807, 2.05) is 12.1 Å². The van der Waals surface area contributed by atoms with Crippen LogP contribution in [0.25, 0.3) is 0 Å².